The molecule has 0 saturated carbocycles. The second-order valence-electron chi connectivity index (χ2n) is 4.42. The van der Waals surface area contributed by atoms with Crippen LogP contribution in [-0.2, 0) is 4.79 Å². The van der Waals surface area contributed by atoms with Gasteiger partial charge in [0, 0.05) is 17.2 Å². The summed E-state index contributed by atoms with van der Waals surface area (Å²) >= 11 is 3.33. The van der Waals surface area contributed by atoms with Crippen molar-refractivity contribution in [2.75, 3.05) is 19.0 Å². The first kappa shape index (κ1) is 16.0. The Morgan fingerprint density at radius 1 is 1.09 bits per heavy atom. The zero-order chi connectivity index (χ0) is 15.9. The number of benzene rings is 2. The number of anilines is 1. The van der Waals surface area contributed by atoms with E-state index in [2.05, 4.69) is 26.6 Å². The maximum absolute atomic E-state index is 11.9. The van der Waals surface area contributed by atoms with E-state index in [1.165, 1.54) is 0 Å². The predicted octanol–water partition coefficient (Wildman–Crippen LogP) is 2.83. The number of ether oxygens (including phenoxy) is 1. The Balaban J connectivity index is 1.96. The average molecular weight is 363 g/mol. The minimum absolute atomic E-state index is 0.177. The van der Waals surface area contributed by atoms with Crippen LogP contribution in [0.4, 0.5) is 5.69 Å². The van der Waals surface area contributed by atoms with Gasteiger partial charge in [0.25, 0.3) is 11.8 Å². The molecule has 0 radical (unpaired) electrons. The molecule has 0 heterocycles. The lowest BCUT2D eigenvalue weighted by Crippen LogP contribution is -2.22. The van der Waals surface area contributed by atoms with Crippen LogP contribution in [0.25, 0.3) is 0 Å². The van der Waals surface area contributed by atoms with E-state index in [4.69, 9.17) is 4.74 Å². The zero-order valence-corrected chi connectivity index (χ0v) is 13.5. The van der Waals surface area contributed by atoms with Crippen molar-refractivity contribution in [1.82, 2.24) is 5.32 Å². The van der Waals surface area contributed by atoms with Gasteiger partial charge in [-0.25, -0.2) is 0 Å². The lowest BCUT2D eigenvalue weighted by atomic mass is 10.2. The summed E-state index contributed by atoms with van der Waals surface area (Å²) in [5, 5.41) is 5.25. The Kier molecular flexibility index (Phi) is 5.55. The molecule has 2 aromatic rings. The highest BCUT2D eigenvalue weighted by atomic mass is 79.9. The van der Waals surface area contributed by atoms with Gasteiger partial charge in [-0.3, -0.25) is 9.59 Å². The van der Waals surface area contributed by atoms with Gasteiger partial charge in [0.05, 0.1) is 5.56 Å². The van der Waals surface area contributed by atoms with Gasteiger partial charge in [-0.15, -0.1) is 0 Å². The van der Waals surface area contributed by atoms with Gasteiger partial charge in [0.2, 0.25) is 0 Å². The monoisotopic (exact) mass is 362 g/mol. The summed E-state index contributed by atoms with van der Waals surface area (Å²) in [6.45, 7) is -0.177. The smallest absolute Gasteiger partial charge is 0.262 e. The molecule has 22 heavy (non-hydrogen) atoms. The maximum Gasteiger partial charge on any atom is 0.262 e. The van der Waals surface area contributed by atoms with E-state index in [-0.39, 0.29) is 18.4 Å². The fraction of sp³-hybridized carbons (Fsp3) is 0.125. The van der Waals surface area contributed by atoms with Gasteiger partial charge in [0.15, 0.2) is 6.61 Å². The van der Waals surface area contributed by atoms with Crippen molar-refractivity contribution < 1.29 is 14.3 Å². The third-order valence-electron chi connectivity index (χ3n) is 2.85. The van der Waals surface area contributed by atoms with Crippen molar-refractivity contribution in [1.29, 1.82) is 0 Å². The highest BCUT2D eigenvalue weighted by Crippen LogP contribution is 2.18. The highest BCUT2D eigenvalue weighted by Gasteiger charge is 2.11. The third-order valence-corrected chi connectivity index (χ3v) is 3.37. The minimum Gasteiger partial charge on any atom is -0.483 e. The van der Waals surface area contributed by atoms with Crippen molar-refractivity contribution >= 4 is 33.4 Å². The normalized spacial score (nSPS) is 9.91. The van der Waals surface area contributed by atoms with Crippen molar-refractivity contribution in [3.05, 3.63) is 58.6 Å². The molecular formula is C16H15BrN2O3. The van der Waals surface area contributed by atoms with Crippen LogP contribution >= 0.6 is 15.9 Å². The molecular weight excluding hydrogens is 348 g/mol. The molecule has 2 N–H and O–H groups in total. The molecule has 6 heteroatoms. The molecule has 0 saturated heterocycles. The van der Waals surface area contributed by atoms with Crippen LogP contribution in [0.2, 0.25) is 0 Å². The van der Waals surface area contributed by atoms with E-state index >= 15 is 0 Å². The van der Waals surface area contributed by atoms with E-state index in [9.17, 15) is 9.59 Å². The first-order valence-electron chi connectivity index (χ1n) is 6.59. The number of carbonyl (C=O) groups is 2. The lowest BCUT2D eigenvalue weighted by Gasteiger charge is -2.10. The number of hydrogen-bond acceptors (Lipinski definition) is 3. The molecule has 0 unspecified atom stereocenters. The molecule has 0 bridgehead atoms. The van der Waals surface area contributed by atoms with Crippen molar-refractivity contribution in [3.63, 3.8) is 0 Å². The molecule has 0 spiro atoms. The van der Waals surface area contributed by atoms with E-state index in [0.717, 1.165) is 4.47 Å². The SMILES string of the molecule is CNC(=O)c1ccccc1OCC(=O)Nc1ccc(Br)cc1. The molecule has 0 atom stereocenters. The standard InChI is InChI=1S/C16H15BrN2O3/c1-18-16(21)13-4-2-3-5-14(13)22-10-15(20)19-12-8-6-11(17)7-9-12/h2-9H,10H2,1H3,(H,18,21)(H,19,20). The van der Waals surface area contributed by atoms with Crippen LogP contribution in [-0.4, -0.2) is 25.5 Å². The molecule has 2 amide bonds. The van der Waals surface area contributed by atoms with E-state index < -0.39 is 0 Å². The third kappa shape index (κ3) is 4.33. The second-order valence-corrected chi connectivity index (χ2v) is 5.33. The quantitative estimate of drug-likeness (QED) is 0.859. The topological polar surface area (TPSA) is 67.4 Å². The number of nitrogens with one attached hydrogen (secondary N) is 2. The number of para-hydroxylation sites is 1. The van der Waals surface area contributed by atoms with E-state index in [1.54, 1.807) is 43.4 Å². The zero-order valence-electron chi connectivity index (χ0n) is 11.9. The molecule has 114 valence electrons. The van der Waals surface area contributed by atoms with Crippen molar-refractivity contribution in [2.45, 2.75) is 0 Å². The second kappa shape index (κ2) is 7.61. The van der Waals surface area contributed by atoms with Crippen molar-refractivity contribution in [2.24, 2.45) is 0 Å². The van der Waals surface area contributed by atoms with E-state index in [0.29, 0.717) is 17.0 Å². The largest absolute Gasteiger partial charge is 0.483 e. The Morgan fingerprint density at radius 3 is 2.45 bits per heavy atom. The minimum atomic E-state index is -0.297. The average Bonchev–Trinajstić information content (AvgIpc) is 2.54. The number of hydrogen-bond donors (Lipinski definition) is 2. The highest BCUT2D eigenvalue weighted by molar-refractivity contribution is 9.10. The van der Waals surface area contributed by atoms with Gasteiger partial charge >= 0.3 is 0 Å². The number of halogens is 1. The van der Waals surface area contributed by atoms with Gasteiger partial charge < -0.3 is 15.4 Å². The van der Waals surface area contributed by atoms with Crippen LogP contribution in [0, 0.1) is 0 Å². The fourth-order valence-corrected chi connectivity index (χ4v) is 2.05. The Morgan fingerprint density at radius 2 is 1.77 bits per heavy atom. The lowest BCUT2D eigenvalue weighted by molar-refractivity contribution is -0.118. The predicted molar refractivity (Wildman–Crippen MR) is 88.1 cm³/mol. The summed E-state index contributed by atoms with van der Waals surface area (Å²) in [5.41, 5.74) is 1.07. The molecule has 2 rings (SSSR count). The fourth-order valence-electron chi connectivity index (χ4n) is 1.79. The number of carbonyl (C=O) groups excluding carboxylic acids is 2. The summed E-state index contributed by atoms with van der Waals surface area (Å²) < 4.78 is 6.37. The van der Waals surface area contributed by atoms with Crippen LogP contribution in [0.5, 0.6) is 5.75 Å². The Bertz CT molecular complexity index is 671. The number of rotatable bonds is 5. The summed E-state index contributed by atoms with van der Waals surface area (Å²) in [6, 6.07) is 14.0. The summed E-state index contributed by atoms with van der Waals surface area (Å²) in [4.78, 5) is 23.6. The molecule has 0 aliphatic carbocycles. The first-order chi connectivity index (χ1) is 10.6. The molecule has 2 aromatic carbocycles. The van der Waals surface area contributed by atoms with E-state index in [1.807, 2.05) is 12.1 Å². The molecule has 0 aliphatic rings. The van der Waals surface area contributed by atoms with Crippen molar-refractivity contribution in [3.8, 4) is 5.75 Å². The van der Waals surface area contributed by atoms with Crippen LogP contribution in [0.15, 0.2) is 53.0 Å². The first-order valence-corrected chi connectivity index (χ1v) is 7.39. The van der Waals surface area contributed by atoms with Gasteiger partial charge in [0.1, 0.15) is 5.75 Å². The summed E-state index contributed by atoms with van der Waals surface area (Å²) in [5.74, 6) is -0.189. The molecule has 0 aliphatic heterocycles. The van der Waals surface area contributed by atoms with Gasteiger partial charge in [-0.1, -0.05) is 28.1 Å². The van der Waals surface area contributed by atoms with Gasteiger partial charge in [-0.2, -0.15) is 0 Å². The molecule has 0 fully saturated rings. The van der Waals surface area contributed by atoms with Crippen LogP contribution in [0.1, 0.15) is 10.4 Å². The molecule has 0 aromatic heterocycles. The number of amides is 2. The Labute approximate surface area is 136 Å². The van der Waals surface area contributed by atoms with Crippen LogP contribution < -0.4 is 15.4 Å². The summed E-state index contributed by atoms with van der Waals surface area (Å²) in [7, 11) is 1.54. The Hall–Kier alpha value is -2.34. The molecule has 5 nitrogen and oxygen atoms in total. The van der Waals surface area contributed by atoms with Gasteiger partial charge in [-0.05, 0) is 36.4 Å². The summed E-state index contributed by atoms with van der Waals surface area (Å²) in [6.07, 6.45) is 0. The maximum atomic E-state index is 11.9. The van der Waals surface area contributed by atoms with Crippen LogP contribution in [0.3, 0.4) is 0 Å².